The molecule has 0 spiro atoms. The van der Waals surface area contributed by atoms with Gasteiger partial charge in [0.25, 0.3) is 0 Å². The number of imidazole rings is 1. The molecule has 3 rings (SSSR count). The second kappa shape index (κ2) is 11.7. The van der Waals surface area contributed by atoms with Gasteiger partial charge in [-0.15, -0.1) is 0 Å². The molecule has 1 atom stereocenters. The molecule has 0 radical (unpaired) electrons. The van der Waals surface area contributed by atoms with Crippen LogP contribution in [0.5, 0.6) is 0 Å². The third kappa shape index (κ3) is 6.14. The monoisotopic (exact) mass is 408 g/mol. The summed E-state index contributed by atoms with van der Waals surface area (Å²) in [5.74, 6) is -1.15. The Hall–Kier alpha value is -2.81. The van der Waals surface area contributed by atoms with Crippen LogP contribution >= 0.6 is 0 Å². The molecule has 2 aromatic rings. The molecule has 0 bridgehead atoms. The number of carboxylic acid groups (broad SMARTS) is 1. The number of aliphatic carboxylic acids is 1. The summed E-state index contributed by atoms with van der Waals surface area (Å²) in [4.78, 5) is 30.2. The fourth-order valence-corrected chi connectivity index (χ4v) is 2.44. The van der Waals surface area contributed by atoms with Crippen LogP contribution in [-0.2, 0) is 37.1 Å². The average molecular weight is 408 g/mol. The number of ketones is 1. The van der Waals surface area contributed by atoms with Gasteiger partial charge in [0.1, 0.15) is 6.04 Å². The number of rotatable bonds is 5. The van der Waals surface area contributed by atoms with E-state index in [-0.39, 0.29) is 12.2 Å². The van der Waals surface area contributed by atoms with E-state index in [1.54, 1.807) is 12.3 Å². The zero-order valence-electron chi connectivity index (χ0n) is 14.5. The van der Waals surface area contributed by atoms with Crippen molar-refractivity contribution < 1.29 is 40.8 Å². The fraction of sp³-hybridized carbons (Fsp3) is 0.167. The Morgan fingerprint density at radius 1 is 1.30 bits per heavy atom. The van der Waals surface area contributed by atoms with E-state index in [0.29, 0.717) is 11.3 Å². The number of aromatic nitrogens is 2. The van der Waals surface area contributed by atoms with Crippen LogP contribution < -0.4 is 5.32 Å². The Balaban J connectivity index is 0.000000855. The van der Waals surface area contributed by atoms with E-state index in [0.717, 1.165) is 35.6 Å². The van der Waals surface area contributed by atoms with Gasteiger partial charge in [-0.2, -0.15) is 0 Å². The van der Waals surface area contributed by atoms with Crippen molar-refractivity contribution in [3.63, 3.8) is 0 Å². The number of benzene rings is 1. The molecular weight excluding hydrogens is 389 g/mol. The summed E-state index contributed by atoms with van der Waals surface area (Å²) in [6.45, 7) is 0. The second-order valence-corrected chi connectivity index (χ2v) is 5.18. The van der Waals surface area contributed by atoms with Crippen molar-refractivity contribution in [2.75, 3.05) is 7.11 Å². The van der Waals surface area contributed by atoms with Gasteiger partial charge < -0.3 is 20.5 Å². The first-order chi connectivity index (χ1) is 13.1. The third-order valence-electron chi connectivity index (χ3n) is 3.64. The molecule has 9 heteroatoms. The number of fused-ring (bicyclic) bond motifs is 1. The van der Waals surface area contributed by atoms with E-state index in [1.165, 1.54) is 18.6 Å². The van der Waals surface area contributed by atoms with Gasteiger partial charge in [-0.05, 0) is 17.2 Å². The van der Waals surface area contributed by atoms with Crippen molar-refractivity contribution >= 4 is 23.4 Å². The zero-order chi connectivity index (χ0) is 20.2. The molecule has 0 aliphatic heterocycles. The minimum atomic E-state index is -0.997. The number of carbonyl (C=O) groups excluding carboxylic acids is 1. The molecule has 0 saturated heterocycles. The Bertz CT molecular complexity index is 818. The summed E-state index contributed by atoms with van der Waals surface area (Å²) < 4.78 is 8.19. The SMILES string of the molecule is CO.O=C1C=Cc2ccccc2/C1=C/N[C@@H](Cc1cnc[nH]1)C(=O)O.[O]=[V]. The van der Waals surface area contributed by atoms with Gasteiger partial charge in [0.15, 0.2) is 5.78 Å². The van der Waals surface area contributed by atoms with Crippen molar-refractivity contribution in [1.29, 1.82) is 0 Å². The Kier molecular flexibility index (Phi) is 9.67. The number of allylic oxidation sites excluding steroid dienone is 2. The zero-order valence-corrected chi connectivity index (χ0v) is 15.9. The van der Waals surface area contributed by atoms with Crippen LogP contribution in [0.3, 0.4) is 0 Å². The van der Waals surface area contributed by atoms with E-state index in [2.05, 4.69) is 15.3 Å². The van der Waals surface area contributed by atoms with Crippen LogP contribution in [0.15, 0.2) is 49.1 Å². The number of carboxylic acids is 1. The summed E-state index contributed by atoms with van der Waals surface area (Å²) in [5.41, 5.74) is 2.89. The number of aromatic amines is 1. The number of carbonyl (C=O) groups is 2. The number of aliphatic hydroxyl groups is 1. The molecule has 1 aliphatic carbocycles. The Labute approximate surface area is 165 Å². The number of aliphatic hydroxyl groups excluding tert-OH is 1. The molecule has 8 nitrogen and oxygen atoms in total. The number of hydrogen-bond donors (Lipinski definition) is 4. The van der Waals surface area contributed by atoms with Gasteiger partial charge in [-0.3, -0.25) is 4.79 Å². The van der Waals surface area contributed by atoms with Crippen molar-refractivity contribution in [3.8, 4) is 0 Å². The maximum atomic E-state index is 12.1. The number of H-pyrrole nitrogens is 1. The van der Waals surface area contributed by atoms with E-state index in [1.807, 2.05) is 24.3 Å². The molecule has 1 aromatic carbocycles. The van der Waals surface area contributed by atoms with Gasteiger partial charge in [-0.25, -0.2) is 9.78 Å². The first-order valence-corrected chi connectivity index (χ1v) is 8.33. The molecule has 141 valence electrons. The van der Waals surface area contributed by atoms with Crippen LogP contribution in [0, 0.1) is 0 Å². The molecule has 4 N–H and O–H groups in total. The quantitative estimate of drug-likeness (QED) is 0.545. The van der Waals surface area contributed by atoms with Crippen LogP contribution in [-0.4, -0.2) is 45.1 Å². The Morgan fingerprint density at radius 3 is 2.63 bits per heavy atom. The van der Waals surface area contributed by atoms with Gasteiger partial charge in [0.2, 0.25) is 0 Å². The average Bonchev–Trinajstić information content (AvgIpc) is 3.22. The summed E-state index contributed by atoms with van der Waals surface area (Å²) in [6.07, 6.45) is 8.05. The van der Waals surface area contributed by atoms with Crippen LogP contribution in [0.25, 0.3) is 11.6 Å². The number of nitrogens with zero attached hydrogens (tertiary/aromatic N) is 1. The molecule has 27 heavy (non-hydrogen) atoms. The molecule has 0 fully saturated rings. The molecule has 1 heterocycles. The Morgan fingerprint density at radius 2 is 2.00 bits per heavy atom. The normalized spacial score (nSPS) is 14.1. The fourth-order valence-electron chi connectivity index (χ4n) is 2.44. The maximum absolute atomic E-state index is 12.1. The molecule has 0 amide bonds. The molecule has 1 aromatic heterocycles. The first-order valence-electron chi connectivity index (χ1n) is 7.76. The predicted molar refractivity (Wildman–Crippen MR) is 94.1 cm³/mol. The van der Waals surface area contributed by atoms with E-state index in [9.17, 15) is 14.7 Å². The molecular formula is C18H19N3O5V. The van der Waals surface area contributed by atoms with Crippen LogP contribution in [0.2, 0.25) is 0 Å². The molecule has 0 saturated carbocycles. The van der Waals surface area contributed by atoms with Gasteiger partial charge >= 0.3 is 27.0 Å². The predicted octanol–water partition coefficient (Wildman–Crippen LogP) is 1.12. The molecule has 1 aliphatic rings. The van der Waals surface area contributed by atoms with E-state index < -0.39 is 12.0 Å². The summed E-state index contributed by atoms with van der Waals surface area (Å²) in [6, 6.07) is 6.63. The van der Waals surface area contributed by atoms with Crippen molar-refractivity contribution in [1.82, 2.24) is 15.3 Å². The number of nitrogens with one attached hydrogen (secondary N) is 2. The first kappa shape index (κ1) is 22.2. The molecule has 0 unspecified atom stereocenters. The van der Waals surface area contributed by atoms with Crippen molar-refractivity contribution in [2.24, 2.45) is 0 Å². The summed E-state index contributed by atoms with van der Waals surface area (Å²) >= 11 is 1.06. The van der Waals surface area contributed by atoms with Crippen molar-refractivity contribution in [2.45, 2.75) is 12.5 Å². The van der Waals surface area contributed by atoms with Gasteiger partial charge in [0.05, 0.1) is 6.33 Å². The van der Waals surface area contributed by atoms with Crippen LogP contribution in [0.1, 0.15) is 16.8 Å². The standard InChI is InChI=1S/C17H15N3O3.CH4O.O.V/c21-16-6-5-11-3-1-2-4-13(11)14(16)9-19-15(17(22)23)7-12-8-18-10-20-12;1-2;;/h1-6,8-10,15,19H,7H2,(H,18,20)(H,22,23);2H,1H3;;/b14-9-;;;/t15-;;;/m0.../s1. The van der Waals surface area contributed by atoms with E-state index in [4.69, 9.17) is 8.78 Å². The second-order valence-electron chi connectivity index (χ2n) is 5.18. The van der Waals surface area contributed by atoms with Crippen LogP contribution in [0.4, 0.5) is 0 Å². The van der Waals surface area contributed by atoms with E-state index >= 15 is 0 Å². The topological polar surface area (TPSA) is 132 Å². The van der Waals surface area contributed by atoms with Gasteiger partial charge in [-0.1, -0.05) is 30.3 Å². The van der Waals surface area contributed by atoms with Crippen molar-refractivity contribution in [3.05, 3.63) is 65.9 Å². The van der Waals surface area contributed by atoms with Gasteiger partial charge in [0, 0.05) is 37.2 Å². The third-order valence-corrected chi connectivity index (χ3v) is 3.64. The number of hydrogen-bond acceptors (Lipinski definition) is 6. The summed E-state index contributed by atoms with van der Waals surface area (Å²) in [7, 11) is 1.00. The minimum absolute atomic E-state index is 0.151. The summed E-state index contributed by atoms with van der Waals surface area (Å²) in [5, 5.41) is 19.2.